The van der Waals surface area contributed by atoms with Crippen molar-refractivity contribution in [2.75, 3.05) is 4.90 Å². The van der Waals surface area contributed by atoms with Crippen LogP contribution in [0.1, 0.15) is 34.6 Å². The summed E-state index contributed by atoms with van der Waals surface area (Å²) in [7, 11) is 0. The molecule has 10 nitrogen and oxygen atoms in total. The smallest absolute Gasteiger partial charge is 0.269 e. The second kappa shape index (κ2) is 8.43. The lowest BCUT2D eigenvalue weighted by Gasteiger charge is -2.52. The van der Waals surface area contributed by atoms with Gasteiger partial charge in [-0.1, -0.05) is 60.7 Å². The summed E-state index contributed by atoms with van der Waals surface area (Å²) in [5.74, 6) is -4.38. The van der Waals surface area contributed by atoms with Crippen molar-refractivity contribution < 1.29 is 24.1 Å². The number of hydrazone groups is 1. The number of anilines is 1. The van der Waals surface area contributed by atoms with E-state index in [1.807, 2.05) is 60.7 Å². The van der Waals surface area contributed by atoms with Gasteiger partial charge in [0.15, 0.2) is 0 Å². The van der Waals surface area contributed by atoms with Crippen molar-refractivity contribution in [3.8, 4) is 0 Å². The van der Waals surface area contributed by atoms with Crippen LogP contribution < -0.4 is 4.90 Å². The number of benzene rings is 3. The van der Waals surface area contributed by atoms with Crippen molar-refractivity contribution in [1.29, 1.82) is 0 Å². The summed E-state index contributed by atoms with van der Waals surface area (Å²) in [6.45, 7) is 0. The van der Waals surface area contributed by atoms with Gasteiger partial charge in [0.2, 0.25) is 11.8 Å². The summed E-state index contributed by atoms with van der Waals surface area (Å²) in [6, 6.07) is 20.7. The van der Waals surface area contributed by atoms with Crippen molar-refractivity contribution in [3.63, 3.8) is 0 Å². The Labute approximate surface area is 250 Å². The number of non-ortho nitro benzene ring substituents is 1. The number of nitro groups is 1. The van der Waals surface area contributed by atoms with E-state index in [4.69, 9.17) is 0 Å². The molecule has 44 heavy (non-hydrogen) atoms. The highest BCUT2D eigenvalue weighted by Crippen LogP contribution is 2.64. The summed E-state index contributed by atoms with van der Waals surface area (Å²) in [4.78, 5) is 67.9. The highest BCUT2D eigenvalue weighted by atomic mass is 16.6. The number of carbonyl (C=O) groups is 4. The van der Waals surface area contributed by atoms with E-state index in [-0.39, 0.29) is 35.0 Å². The van der Waals surface area contributed by atoms with Crippen LogP contribution in [0.4, 0.5) is 11.4 Å². The van der Waals surface area contributed by atoms with Crippen LogP contribution in [0.5, 0.6) is 0 Å². The van der Waals surface area contributed by atoms with E-state index in [9.17, 15) is 29.3 Å². The van der Waals surface area contributed by atoms with Gasteiger partial charge in [-0.3, -0.25) is 29.3 Å². The zero-order chi connectivity index (χ0) is 30.1. The number of nitro benzene ring substituents is 1. The first kappa shape index (κ1) is 25.3. The van der Waals surface area contributed by atoms with Gasteiger partial charge < -0.3 is 0 Å². The SMILES string of the molecule is O=C1[C@@H]2[C@H](C(=O)N1/N=C\C13c4ccccc4C(c4ccccc41)[C@@H]1C(=O)N(c4ccc([N+](=O)[O-])cc4)C(=O)[C@@H]13)[C@H]1C=C[C@H]2C1. The van der Waals surface area contributed by atoms with Crippen molar-refractivity contribution in [2.24, 2.45) is 40.6 Å². The van der Waals surface area contributed by atoms with Gasteiger partial charge in [-0.15, -0.1) is 0 Å². The molecule has 3 aromatic carbocycles. The Bertz CT molecular complexity index is 1850. The molecule has 6 atom stereocenters. The van der Waals surface area contributed by atoms with Gasteiger partial charge in [0.25, 0.3) is 17.5 Å². The third kappa shape index (κ3) is 2.88. The minimum Gasteiger partial charge on any atom is -0.274 e. The molecular weight excluding hydrogens is 560 g/mol. The average molecular weight is 585 g/mol. The van der Waals surface area contributed by atoms with E-state index in [0.29, 0.717) is 0 Å². The second-order valence-electron chi connectivity index (χ2n) is 12.5. The second-order valence-corrected chi connectivity index (χ2v) is 12.5. The number of hydrogen-bond acceptors (Lipinski definition) is 7. The number of imide groups is 2. The Kier molecular flexibility index (Phi) is 4.84. The van der Waals surface area contributed by atoms with Gasteiger partial charge in [-0.25, -0.2) is 4.90 Å². The lowest BCUT2D eigenvalue weighted by molar-refractivity contribution is -0.384. The topological polar surface area (TPSA) is 130 Å². The quantitative estimate of drug-likeness (QED) is 0.150. The molecule has 0 N–H and O–H groups in total. The Morgan fingerprint density at radius 1 is 0.750 bits per heavy atom. The van der Waals surface area contributed by atoms with Gasteiger partial charge in [-0.2, -0.15) is 10.1 Å². The molecule has 216 valence electrons. The molecule has 0 spiro atoms. The molecule has 4 amide bonds. The number of carbonyl (C=O) groups excluding carboxylic acids is 4. The highest BCUT2D eigenvalue weighted by Gasteiger charge is 2.68. The fourth-order valence-corrected chi connectivity index (χ4v) is 9.18. The Balaban J connectivity index is 1.22. The van der Waals surface area contributed by atoms with Gasteiger partial charge in [0, 0.05) is 24.3 Å². The molecule has 10 heteroatoms. The lowest BCUT2D eigenvalue weighted by atomic mass is 9.47. The molecular formula is C34H24N4O6. The predicted molar refractivity (Wildman–Crippen MR) is 156 cm³/mol. The van der Waals surface area contributed by atoms with Crippen LogP contribution in [0.2, 0.25) is 0 Å². The number of rotatable bonds is 4. The maximum absolute atomic E-state index is 14.5. The molecule has 10 rings (SSSR count). The van der Waals surface area contributed by atoms with E-state index in [2.05, 4.69) is 5.10 Å². The zero-order valence-corrected chi connectivity index (χ0v) is 23.1. The third-order valence-corrected chi connectivity index (χ3v) is 10.8. The molecule has 1 saturated carbocycles. The first-order chi connectivity index (χ1) is 21.3. The minimum atomic E-state index is -1.25. The standard InChI is InChI=1S/C34H24N4O6/c39-30-28-27-21-5-1-3-7-23(21)34(24-8-4-2-6-22(24)27,29(28)33(42)36(30)19-11-13-20(14-12-19)38(43)44)16-35-37-31(40)25-17-9-10-18(15-17)26(25)32(37)41/h1-14,16-18,25-29H,15H2/b35-16-/t17-,18-,25-,26+,27?,28-,29+,34?/m0/s1. The number of allylic oxidation sites excluding steroid dienone is 2. The molecule has 4 bridgehead atoms. The van der Waals surface area contributed by atoms with Gasteiger partial charge in [0.05, 0.1) is 39.7 Å². The summed E-state index contributed by atoms with van der Waals surface area (Å²) in [5.41, 5.74) is 2.25. The molecule has 3 fully saturated rings. The summed E-state index contributed by atoms with van der Waals surface area (Å²) < 4.78 is 0. The van der Waals surface area contributed by atoms with E-state index in [0.717, 1.165) is 38.6 Å². The van der Waals surface area contributed by atoms with E-state index in [1.54, 1.807) is 6.21 Å². The maximum Gasteiger partial charge on any atom is 0.269 e. The van der Waals surface area contributed by atoms with Crippen LogP contribution >= 0.6 is 0 Å². The fourth-order valence-electron chi connectivity index (χ4n) is 9.18. The van der Waals surface area contributed by atoms with Gasteiger partial charge in [-0.05, 0) is 52.6 Å². The number of hydrogen-bond donors (Lipinski definition) is 0. The van der Waals surface area contributed by atoms with E-state index < -0.39 is 51.7 Å². The third-order valence-electron chi connectivity index (χ3n) is 10.8. The van der Waals surface area contributed by atoms with Gasteiger partial charge >= 0.3 is 0 Å². The molecule has 5 aliphatic carbocycles. The van der Waals surface area contributed by atoms with Crippen LogP contribution in [0.25, 0.3) is 0 Å². The van der Waals surface area contributed by atoms with Crippen LogP contribution in [-0.2, 0) is 24.6 Å². The van der Waals surface area contributed by atoms with Crippen molar-refractivity contribution in [2.45, 2.75) is 17.8 Å². The first-order valence-corrected chi connectivity index (χ1v) is 14.8. The van der Waals surface area contributed by atoms with Crippen molar-refractivity contribution in [3.05, 3.63) is 117 Å². The van der Waals surface area contributed by atoms with Crippen LogP contribution in [0.15, 0.2) is 90.0 Å². The maximum atomic E-state index is 14.5. The monoisotopic (exact) mass is 584 g/mol. The Morgan fingerprint density at radius 3 is 1.89 bits per heavy atom. The van der Waals surface area contributed by atoms with Crippen molar-refractivity contribution in [1.82, 2.24) is 5.01 Å². The molecule has 3 aromatic rings. The van der Waals surface area contributed by atoms with Crippen molar-refractivity contribution >= 4 is 41.2 Å². The fraction of sp³-hybridized carbons (Fsp3) is 0.265. The predicted octanol–water partition coefficient (Wildman–Crippen LogP) is 3.94. The molecule has 0 radical (unpaired) electrons. The Hall–Kier alpha value is -5.25. The minimum absolute atomic E-state index is 0.0278. The first-order valence-electron chi connectivity index (χ1n) is 14.8. The molecule has 2 saturated heterocycles. The highest BCUT2D eigenvalue weighted by molar-refractivity contribution is 6.25. The van der Waals surface area contributed by atoms with Crippen LogP contribution in [-0.4, -0.2) is 39.8 Å². The lowest BCUT2D eigenvalue weighted by Crippen LogP contribution is -2.55. The Morgan fingerprint density at radius 2 is 1.32 bits per heavy atom. The zero-order valence-electron chi connectivity index (χ0n) is 23.1. The molecule has 0 unspecified atom stereocenters. The molecule has 0 aromatic heterocycles. The average Bonchev–Trinajstić information content (AvgIpc) is 3.79. The normalized spacial score (nSPS) is 33.8. The number of nitrogens with zero attached hydrogens (tertiary/aromatic N) is 4. The molecule has 7 aliphatic rings. The number of fused-ring (bicyclic) bond motifs is 5. The largest absolute Gasteiger partial charge is 0.274 e. The van der Waals surface area contributed by atoms with E-state index >= 15 is 0 Å². The van der Waals surface area contributed by atoms with E-state index in [1.165, 1.54) is 24.3 Å². The summed E-state index contributed by atoms with van der Waals surface area (Å²) in [6.07, 6.45) is 6.42. The summed E-state index contributed by atoms with van der Waals surface area (Å²) >= 11 is 0. The molecule has 2 aliphatic heterocycles. The van der Waals surface area contributed by atoms with Crippen LogP contribution in [0, 0.1) is 45.6 Å². The number of amides is 4. The van der Waals surface area contributed by atoms with Gasteiger partial charge in [0.1, 0.15) is 0 Å². The van der Waals surface area contributed by atoms with Crippen LogP contribution in [0.3, 0.4) is 0 Å². The summed E-state index contributed by atoms with van der Waals surface area (Å²) in [5, 5.41) is 16.9. The molecule has 2 heterocycles.